The minimum atomic E-state index is -4.57. The van der Waals surface area contributed by atoms with Gasteiger partial charge in [0.1, 0.15) is 18.2 Å². The topological polar surface area (TPSA) is 78.0 Å². The number of pyridine rings is 2. The Morgan fingerprint density at radius 3 is 2.22 bits per heavy atom. The zero-order valence-electron chi connectivity index (χ0n) is 18.5. The fourth-order valence-electron chi connectivity index (χ4n) is 3.73. The van der Waals surface area contributed by atoms with Crippen LogP contribution in [0.3, 0.4) is 0 Å². The predicted octanol–water partition coefficient (Wildman–Crippen LogP) is 6.05. The Bertz CT molecular complexity index is 1480. The first kappa shape index (κ1) is 25.3. The lowest BCUT2D eigenvalue weighted by molar-refractivity contribution is -0.140. The number of benzene rings is 2. The standard InChI is InChI=1S/C26H18BrF4N3O2/c27-18-10-20(25(32)33-11-18)16-3-1-15(2-4-16)9-23(35)22-13-34(14-26(29,30)31)12-21(24(22)36)17-5-7-19(28)8-6-17/h1-8,10-13H,9,14H2,(H2,32,33). The number of nitrogens with zero attached hydrogens (tertiary/aromatic N) is 2. The van der Waals surface area contributed by atoms with Crippen LogP contribution in [0.2, 0.25) is 0 Å². The predicted molar refractivity (Wildman–Crippen MR) is 132 cm³/mol. The van der Waals surface area contributed by atoms with Crippen molar-refractivity contribution in [2.75, 3.05) is 5.73 Å². The molecule has 2 aromatic carbocycles. The van der Waals surface area contributed by atoms with Gasteiger partial charge in [0, 0.05) is 40.6 Å². The number of halogens is 5. The number of Topliss-reactive ketones (excluding diaryl/α,β-unsaturated/α-hetero) is 1. The third-order valence-electron chi connectivity index (χ3n) is 5.41. The number of hydrogen-bond acceptors (Lipinski definition) is 4. The zero-order valence-corrected chi connectivity index (χ0v) is 20.1. The quantitative estimate of drug-likeness (QED) is 0.230. The van der Waals surface area contributed by atoms with Crippen molar-refractivity contribution in [2.24, 2.45) is 0 Å². The van der Waals surface area contributed by atoms with E-state index in [9.17, 15) is 27.2 Å². The molecule has 0 bridgehead atoms. The molecule has 0 aliphatic rings. The third-order valence-corrected chi connectivity index (χ3v) is 5.85. The van der Waals surface area contributed by atoms with Gasteiger partial charge in [-0.15, -0.1) is 0 Å². The van der Waals surface area contributed by atoms with Crippen molar-refractivity contribution in [1.29, 1.82) is 0 Å². The lowest BCUT2D eigenvalue weighted by Gasteiger charge is -2.14. The van der Waals surface area contributed by atoms with Gasteiger partial charge in [-0.1, -0.05) is 36.4 Å². The summed E-state index contributed by atoms with van der Waals surface area (Å²) < 4.78 is 54.1. The molecule has 0 saturated heterocycles. The van der Waals surface area contributed by atoms with Crippen LogP contribution in [0.1, 0.15) is 15.9 Å². The Balaban J connectivity index is 1.67. The van der Waals surface area contributed by atoms with Crippen LogP contribution in [0.4, 0.5) is 23.4 Å². The Hall–Kier alpha value is -3.79. The van der Waals surface area contributed by atoms with Gasteiger partial charge in [-0.2, -0.15) is 13.2 Å². The molecule has 10 heteroatoms. The number of hydrogen-bond donors (Lipinski definition) is 1. The number of rotatable bonds is 6. The summed E-state index contributed by atoms with van der Waals surface area (Å²) in [6, 6.07) is 13.3. The van der Waals surface area contributed by atoms with Crippen LogP contribution in [0.25, 0.3) is 22.3 Å². The van der Waals surface area contributed by atoms with E-state index in [1.165, 1.54) is 12.1 Å². The minimum absolute atomic E-state index is 0.127. The van der Waals surface area contributed by atoms with Gasteiger partial charge in [-0.05, 0) is 50.8 Å². The molecular weight excluding hydrogens is 542 g/mol. The molecule has 36 heavy (non-hydrogen) atoms. The number of anilines is 1. The molecule has 0 aliphatic heterocycles. The monoisotopic (exact) mass is 559 g/mol. The molecule has 0 atom stereocenters. The normalized spacial score (nSPS) is 11.5. The number of nitrogen functional groups attached to an aromatic ring is 1. The van der Waals surface area contributed by atoms with Gasteiger partial charge >= 0.3 is 6.18 Å². The molecule has 0 fully saturated rings. The van der Waals surface area contributed by atoms with Crippen LogP contribution < -0.4 is 11.2 Å². The van der Waals surface area contributed by atoms with Crippen molar-refractivity contribution in [1.82, 2.24) is 9.55 Å². The molecule has 4 rings (SSSR count). The maximum atomic E-state index is 13.3. The second-order valence-electron chi connectivity index (χ2n) is 8.09. The fraction of sp³-hybridized carbons (Fsp3) is 0.115. The number of aromatic nitrogens is 2. The number of ketones is 1. The lowest BCUT2D eigenvalue weighted by Crippen LogP contribution is -2.24. The second-order valence-corrected chi connectivity index (χ2v) is 9.01. The third kappa shape index (κ3) is 5.88. The highest BCUT2D eigenvalue weighted by atomic mass is 79.9. The van der Waals surface area contributed by atoms with E-state index >= 15 is 0 Å². The molecule has 2 aromatic heterocycles. The van der Waals surface area contributed by atoms with Crippen LogP contribution in [0.5, 0.6) is 0 Å². The van der Waals surface area contributed by atoms with Crippen molar-refractivity contribution >= 4 is 27.5 Å². The SMILES string of the molecule is Nc1ncc(Br)cc1-c1ccc(CC(=O)c2cn(CC(F)(F)F)cc(-c3ccc(F)cc3)c2=O)cc1. The maximum absolute atomic E-state index is 13.3. The number of nitrogens with two attached hydrogens (primary N) is 1. The zero-order chi connectivity index (χ0) is 26.0. The van der Waals surface area contributed by atoms with E-state index in [0.29, 0.717) is 16.9 Å². The molecular formula is C26H18BrF4N3O2. The average molecular weight is 560 g/mol. The van der Waals surface area contributed by atoms with Crippen LogP contribution in [-0.4, -0.2) is 21.5 Å². The largest absolute Gasteiger partial charge is 0.406 e. The van der Waals surface area contributed by atoms with Gasteiger partial charge in [0.15, 0.2) is 11.2 Å². The Kier molecular flexibility index (Phi) is 7.07. The number of alkyl halides is 3. The van der Waals surface area contributed by atoms with Crippen LogP contribution in [0, 0.1) is 5.82 Å². The molecule has 4 aromatic rings. The van der Waals surface area contributed by atoms with E-state index in [-0.39, 0.29) is 23.1 Å². The fourth-order valence-corrected chi connectivity index (χ4v) is 4.06. The summed E-state index contributed by atoms with van der Waals surface area (Å²) in [6.45, 7) is -1.39. The Morgan fingerprint density at radius 2 is 1.58 bits per heavy atom. The molecule has 0 radical (unpaired) electrons. The second kappa shape index (κ2) is 10.1. The first-order valence-corrected chi connectivity index (χ1v) is 11.4. The molecule has 2 N–H and O–H groups in total. The van der Waals surface area contributed by atoms with Gasteiger partial charge in [0.2, 0.25) is 0 Å². The van der Waals surface area contributed by atoms with E-state index in [0.717, 1.165) is 39.1 Å². The summed E-state index contributed by atoms with van der Waals surface area (Å²) >= 11 is 3.34. The minimum Gasteiger partial charge on any atom is -0.383 e. The summed E-state index contributed by atoms with van der Waals surface area (Å²) in [5.74, 6) is -0.883. The summed E-state index contributed by atoms with van der Waals surface area (Å²) in [4.78, 5) is 30.2. The molecule has 5 nitrogen and oxygen atoms in total. The highest BCUT2D eigenvalue weighted by Crippen LogP contribution is 2.28. The Morgan fingerprint density at radius 1 is 0.972 bits per heavy atom. The van der Waals surface area contributed by atoms with Gasteiger partial charge in [-0.3, -0.25) is 9.59 Å². The first-order valence-electron chi connectivity index (χ1n) is 10.6. The summed E-state index contributed by atoms with van der Waals surface area (Å²) in [7, 11) is 0. The van der Waals surface area contributed by atoms with Crippen molar-refractivity contribution in [3.8, 4) is 22.3 Å². The van der Waals surface area contributed by atoms with Crippen molar-refractivity contribution in [2.45, 2.75) is 19.1 Å². The van der Waals surface area contributed by atoms with Crippen molar-refractivity contribution in [3.05, 3.63) is 105 Å². The highest BCUT2D eigenvalue weighted by Gasteiger charge is 2.28. The molecule has 0 amide bonds. The van der Waals surface area contributed by atoms with E-state index in [2.05, 4.69) is 20.9 Å². The molecule has 184 valence electrons. The van der Waals surface area contributed by atoms with Crippen molar-refractivity contribution < 1.29 is 22.4 Å². The number of carbonyl (C=O) groups excluding carboxylic acids is 1. The van der Waals surface area contributed by atoms with Crippen molar-refractivity contribution in [3.63, 3.8) is 0 Å². The van der Waals surface area contributed by atoms with E-state index < -0.39 is 29.8 Å². The van der Waals surface area contributed by atoms with Gasteiger partial charge in [0.05, 0.1) is 5.56 Å². The van der Waals surface area contributed by atoms with Crippen LogP contribution in [-0.2, 0) is 13.0 Å². The van der Waals surface area contributed by atoms with Gasteiger partial charge in [-0.25, -0.2) is 9.37 Å². The van der Waals surface area contributed by atoms with E-state index in [1.807, 2.05) is 0 Å². The van der Waals surface area contributed by atoms with Gasteiger partial charge < -0.3 is 10.3 Å². The van der Waals surface area contributed by atoms with Crippen LogP contribution in [0.15, 0.2) is 82.5 Å². The summed E-state index contributed by atoms with van der Waals surface area (Å²) in [6.07, 6.45) is -1.29. The van der Waals surface area contributed by atoms with Gasteiger partial charge in [0.25, 0.3) is 0 Å². The lowest BCUT2D eigenvalue weighted by atomic mass is 9.98. The molecule has 2 heterocycles. The molecule has 0 saturated carbocycles. The van der Waals surface area contributed by atoms with E-state index in [1.54, 1.807) is 36.5 Å². The molecule has 0 spiro atoms. The van der Waals surface area contributed by atoms with E-state index in [4.69, 9.17) is 5.73 Å². The Labute approximate surface area is 211 Å². The first-order chi connectivity index (χ1) is 17.0. The maximum Gasteiger partial charge on any atom is 0.406 e. The van der Waals surface area contributed by atoms with Crippen LogP contribution >= 0.6 is 15.9 Å². The molecule has 0 unspecified atom stereocenters. The highest BCUT2D eigenvalue weighted by molar-refractivity contribution is 9.10. The molecule has 0 aliphatic carbocycles. The summed E-state index contributed by atoms with van der Waals surface area (Å²) in [5, 5.41) is 0. The average Bonchev–Trinajstić information content (AvgIpc) is 2.82. The summed E-state index contributed by atoms with van der Waals surface area (Å²) in [5.41, 5.74) is 6.90. The number of carbonyl (C=O) groups is 1. The smallest absolute Gasteiger partial charge is 0.383 e.